The van der Waals surface area contributed by atoms with Gasteiger partial charge in [-0.1, -0.05) is 68.7 Å². The Hall–Kier alpha value is -5.67. The molecule has 4 aromatic carbocycles. The molecule has 0 saturated carbocycles. The predicted octanol–water partition coefficient (Wildman–Crippen LogP) is 7.74. The van der Waals surface area contributed by atoms with Crippen LogP contribution in [0.1, 0.15) is 57.9 Å². The number of nitrogen functional groups attached to an aromatic ring is 1. The van der Waals surface area contributed by atoms with Gasteiger partial charge in [-0.3, -0.25) is 9.59 Å². The summed E-state index contributed by atoms with van der Waals surface area (Å²) in [7, 11) is -0.0344. The summed E-state index contributed by atoms with van der Waals surface area (Å²) in [6.45, 7) is 11.7. The zero-order valence-electron chi connectivity index (χ0n) is 28.4. The Morgan fingerprint density at radius 2 is 1.60 bits per heavy atom. The standard InChI is InChI=1S/C33H26N2O4S.C8H12N2/c1-5-9-17(3)28-19(16-36)13-25-31-29(28)18(4)20(10-6-2)30-21-14-27(37)33(34-23-11-7-8-12-24(23)35-33)22(21)15-26(32(30)31)40(25,38)39;1-10(2)8-6-4-3-5-7(8)9/h5-13,15-16,18,34-35H,1-2,14H2,3-4H3;3-6H,9H2,1-2H3/b17-9-,20-10-;. The lowest BCUT2D eigenvalue weighted by Crippen LogP contribution is -2.43. The first kappa shape index (κ1) is 32.9. The van der Waals surface area contributed by atoms with Crippen LogP contribution in [0.4, 0.5) is 22.7 Å². The van der Waals surface area contributed by atoms with Crippen LogP contribution in [0.15, 0.2) is 108 Å². The first-order chi connectivity index (χ1) is 23.9. The zero-order valence-corrected chi connectivity index (χ0v) is 29.2. The number of ketones is 1. The van der Waals surface area contributed by atoms with Crippen molar-refractivity contribution in [3.8, 4) is 11.1 Å². The number of benzene rings is 4. The molecule has 4 aliphatic rings. The molecule has 2 heterocycles. The van der Waals surface area contributed by atoms with Gasteiger partial charge in [0.15, 0.2) is 17.7 Å². The first-order valence-electron chi connectivity index (χ1n) is 16.4. The molecule has 9 heteroatoms. The number of fused-ring (bicyclic) bond motifs is 4. The van der Waals surface area contributed by atoms with Crippen molar-refractivity contribution in [2.75, 3.05) is 35.4 Å². The number of anilines is 4. The van der Waals surface area contributed by atoms with Crippen LogP contribution in [0.25, 0.3) is 22.3 Å². The monoisotopic (exact) mass is 682 g/mol. The van der Waals surface area contributed by atoms with Crippen LogP contribution in [-0.4, -0.2) is 34.6 Å². The Balaban J connectivity index is 0.000000339. The normalized spacial score (nSPS) is 18.6. The zero-order chi connectivity index (χ0) is 35.7. The number of nitrogens with one attached hydrogen (secondary N) is 2. The van der Waals surface area contributed by atoms with Crippen molar-refractivity contribution < 1.29 is 18.0 Å². The van der Waals surface area contributed by atoms with Gasteiger partial charge in [0.2, 0.25) is 9.84 Å². The summed E-state index contributed by atoms with van der Waals surface area (Å²) in [5.41, 5.74) is 14.8. The maximum atomic E-state index is 14.2. The number of hydrogen-bond donors (Lipinski definition) is 3. The molecule has 252 valence electrons. The molecule has 0 fully saturated rings. The van der Waals surface area contributed by atoms with E-state index in [-0.39, 0.29) is 27.9 Å². The molecule has 0 aromatic heterocycles. The third kappa shape index (κ3) is 4.53. The molecule has 1 spiro atoms. The average Bonchev–Trinajstić information content (AvgIpc) is 3.69. The number of nitrogens with two attached hydrogens (primary N) is 1. The lowest BCUT2D eigenvalue weighted by molar-refractivity contribution is -0.121. The molecule has 0 amide bonds. The average molecular weight is 683 g/mol. The Morgan fingerprint density at radius 1 is 0.960 bits per heavy atom. The van der Waals surface area contributed by atoms with E-state index in [0.717, 1.165) is 56.9 Å². The highest BCUT2D eigenvalue weighted by atomic mass is 32.2. The third-order valence-electron chi connectivity index (χ3n) is 10.1. The maximum absolute atomic E-state index is 14.2. The number of carbonyl (C=O) groups excluding carboxylic acids is 2. The quantitative estimate of drug-likeness (QED) is 0.0978. The van der Waals surface area contributed by atoms with Gasteiger partial charge < -0.3 is 21.3 Å². The second-order valence-corrected chi connectivity index (χ2v) is 15.0. The number of para-hydroxylation sites is 4. The van der Waals surface area contributed by atoms with E-state index in [2.05, 4.69) is 23.8 Å². The Bertz CT molecular complexity index is 2340. The smallest absolute Gasteiger partial charge is 0.207 e. The van der Waals surface area contributed by atoms with Crippen LogP contribution in [0.5, 0.6) is 0 Å². The minimum absolute atomic E-state index is 0.0746. The number of rotatable bonds is 5. The highest BCUT2D eigenvalue weighted by molar-refractivity contribution is 7.92. The molecule has 8 nitrogen and oxygen atoms in total. The summed E-state index contributed by atoms with van der Waals surface area (Å²) in [5.74, 6) is -0.349. The van der Waals surface area contributed by atoms with Crippen molar-refractivity contribution >= 4 is 55.8 Å². The molecule has 1 unspecified atom stereocenters. The Labute approximate surface area is 292 Å². The molecule has 1 atom stereocenters. The lowest BCUT2D eigenvalue weighted by atomic mass is 9.70. The van der Waals surface area contributed by atoms with Gasteiger partial charge in [-0.15, -0.1) is 0 Å². The summed E-state index contributed by atoms with van der Waals surface area (Å²) in [6, 6.07) is 18.5. The number of aldehydes is 1. The van der Waals surface area contributed by atoms with Crippen LogP contribution in [0.2, 0.25) is 0 Å². The Kier molecular flexibility index (Phi) is 7.71. The van der Waals surface area contributed by atoms with Crippen LogP contribution in [0.3, 0.4) is 0 Å². The fourth-order valence-electron chi connectivity index (χ4n) is 7.98. The second-order valence-electron chi connectivity index (χ2n) is 13.2. The van der Waals surface area contributed by atoms with Gasteiger partial charge >= 0.3 is 0 Å². The van der Waals surface area contributed by atoms with E-state index in [1.54, 1.807) is 18.2 Å². The number of sulfone groups is 1. The lowest BCUT2D eigenvalue weighted by Gasteiger charge is -2.32. The highest BCUT2D eigenvalue weighted by Crippen LogP contribution is 2.61. The minimum atomic E-state index is -3.99. The number of hydrogen-bond acceptors (Lipinski definition) is 8. The molecule has 2 aliphatic heterocycles. The summed E-state index contributed by atoms with van der Waals surface area (Å²) < 4.78 is 28.5. The molecule has 0 saturated heterocycles. The first-order valence-corrected chi connectivity index (χ1v) is 17.8. The van der Waals surface area contributed by atoms with Gasteiger partial charge in [0.05, 0.1) is 32.5 Å². The summed E-state index contributed by atoms with van der Waals surface area (Å²) >= 11 is 0. The van der Waals surface area contributed by atoms with E-state index in [1.807, 2.05) is 93.5 Å². The highest BCUT2D eigenvalue weighted by Gasteiger charge is 2.54. The van der Waals surface area contributed by atoms with E-state index in [9.17, 15) is 18.0 Å². The second kappa shape index (κ2) is 11.7. The summed E-state index contributed by atoms with van der Waals surface area (Å²) in [4.78, 5) is 28.5. The van der Waals surface area contributed by atoms with Gasteiger partial charge in [-0.2, -0.15) is 0 Å². The summed E-state index contributed by atoms with van der Waals surface area (Å²) in [5, 5.41) is 6.76. The van der Waals surface area contributed by atoms with Gasteiger partial charge in [0.25, 0.3) is 0 Å². The number of nitrogens with zero attached hydrogens (tertiary/aromatic N) is 1. The van der Waals surface area contributed by atoms with E-state index in [0.29, 0.717) is 27.8 Å². The van der Waals surface area contributed by atoms with Gasteiger partial charge in [-0.05, 0) is 76.7 Å². The molecule has 0 radical (unpaired) electrons. The number of Topliss-reactive ketones (excluding diaryl/α,β-unsaturated/α-hetero) is 1. The SMILES string of the molecule is C=C/C=C(/C)c1c(C=O)cc2c3c1C(C)/C(=C/C=C)c1c4c(cc(c1-3)S2(=O)=O)C1(Nc2ccccc2N1)C(=O)C4.CN(C)c1ccccc1N. The van der Waals surface area contributed by atoms with Gasteiger partial charge in [0.1, 0.15) is 0 Å². The molecule has 4 N–H and O–H groups in total. The minimum Gasteiger partial charge on any atom is -0.397 e. The molecule has 50 heavy (non-hydrogen) atoms. The molecular weight excluding hydrogens is 645 g/mol. The van der Waals surface area contributed by atoms with Crippen molar-refractivity contribution in [1.29, 1.82) is 0 Å². The summed E-state index contributed by atoms with van der Waals surface area (Å²) in [6.07, 6.45) is 7.95. The van der Waals surface area contributed by atoms with Crippen LogP contribution >= 0.6 is 0 Å². The van der Waals surface area contributed by atoms with Crippen molar-refractivity contribution in [3.63, 3.8) is 0 Å². The van der Waals surface area contributed by atoms with Crippen molar-refractivity contribution in [2.24, 2.45) is 0 Å². The van der Waals surface area contributed by atoms with E-state index in [1.165, 1.54) is 6.07 Å². The number of allylic oxidation sites excluding steroid dienone is 6. The fourth-order valence-corrected chi connectivity index (χ4v) is 9.73. The van der Waals surface area contributed by atoms with Crippen molar-refractivity contribution in [3.05, 3.63) is 132 Å². The van der Waals surface area contributed by atoms with Crippen LogP contribution in [0, 0.1) is 0 Å². The molecule has 8 rings (SSSR count). The van der Waals surface area contributed by atoms with Crippen LogP contribution < -0.4 is 21.3 Å². The van der Waals surface area contributed by atoms with E-state index < -0.39 is 15.5 Å². The largest absolute Gasteiger partial charge is 0.397 e. The van der Waals surface area contributed by atoms with Gasteiger partial charge in [-0.25, -0.2) is 8.42 Å². The van der Waals surface area contributed by atoms with Crippen molar-refractivity contribution in [2.45, 2.75) is 41.6 Å². The maximum Gasteiger partial charge on any atom is 0.207 e. The molecule has 2 aliphatic carbocycles. The predicted molar refractivity (Wildman–Crippen MR) is 202 cm³/mol. The van der Waals surface area contributed by atoms with Crippen LogP contribution in [-0.2, 0) is 26.7 Å². The fraction of sp³-hybridized carbons (Fsp3) is 0.171. The molecular formula is C41H38N4O4S. The number of carbonyl (C=O) groups is 2. The van der Waals surface area contributed by atoms with Crippen molar-refractivity contribution in [1.82, 2.24) is 0 Å². The van der Waals surface area contributed by atoms with Gasteiger partial charge in [0, 0.05) is 48.7 Å². The third-order valence-corrected chi connectivity index (χ3v) is 11.9. The topological polar surface area (TPSA) is 122 Å². The Morgan fingerprint density at radius 3 is 2.18 bits per heavy atom. The van der Waals surface area contributed by atoms with E-state index in [4.69, 9.17) is 5.73 Å². The molecule has 4 aromatic rings. The molecule has 0 bridgehead atoms. The van der Waals surface area contributed by atoms with E-state index >= 15 is 0 Å².